The van der Waals surface area contributed by atoms with Crippen LogP contribution in [0.3, 0.4) is 0 Å². The van der Waals surface area contributed by atoms with Gasteiger partial charge >= 0.3 is 12.1 Å². The molecule has 0 saturated carbocycles. The van der Waals surface area contributed by atoms with Gasteiger partial charge < -0.3 is 14.9 Å². The molecule has 3 rings (SSSR count). The molecule has 0 spiro atoms. The second kappa shape index (κ2) is 10.6. The largest absolute Gasteiger partial charge is 0.482 e. The molecule has 0 unspecified atom stereocenters. The Kier molecular flexibility index (Phi) is 7.99. The van der Waals surface area contributed by atoms with E-state index < -0.39 is 30.4 Å². The Balaban J connectivity index is 1.73. The van der Waals surface area contributed by atoms with Crippen LogP contribution in [0, 0.1) is 6.92 Å². The molecule has 3 aromatic rings. The SMILES string of the molecule is Cc1cc([C@@H](O)CCc2sc(-c3ccc(C(F)(F)F)cc3)nc2C(C)C)ccc1OCC(=O)O. The van der Waals surface area contributed by atoms with Gasteiger partial charge in [-0.2, -0.15) is 13.2 Å². The zero-order valence-electron chi connectivity index (χ0n) is 19.0. The Morgan fingerprint density at radius 2 is 1.82 bits per heavy atom. The average molecular weight is 494 g/mol. The second-order valence-electron chi connectivity index (χ2n) is 8.32. The number of carboxylic acid groups (broad SMARTS) is 1. The summed E-state index contributed by atoms with van der Waals surface area (Å²) in [5.41, 5.74) is 2.22. The first-order chi connectivity index (χ1) is 16.0. The third kappa shape index (κ3) is 6.36. The van der Waals surface area contributed by atoms with Crippen molar-refractivity contribution in [1.29, 1.82) is 0 Å². The maximum atomic E-state index is 12.9. The lowest BCUT2D eigenvalue weighted by Gasteiger charge is -2.14. The third-order valence-electron chi connectivity index (χ3n) is 5.31. The zero-order chi connectivity index (χ0) is 25.0. The van der Waals surface area contributed by atoms with E-state index in [-0.39, 0.29) is 5.92 Å². The second-order valence-corrected chi connectivity index (χ2v) is 9.40. The Bertz CT molecular complexity index is 1140. The summed E-state index contributed by atoms with van der Waals surface area (Å²) >= 11 is 1.43. The molecule has 0 aliphatic carbocycles. The number of ether oxygens (including phenoxy) is 1. The van der Waals surface area contributed by atoms with Gasteiger partial charge in [-0.3, -0.25) is 0 Å². The summed E-state index contributed by atoms with van der Waals surface area (Å²) in [7, 11) is 0. The van der Waals surface area contributed by atoms with Crippen molar-refractivity contribution in [2.75, 3.05) is 6.61 Å². The Morgan fingerprint density at radius 1 is 1.15 bits per heavy atom. The van der Waals surface area contributed by atoms with Crippen molar-refractivity contribution < 1.29 is 32.9 Å². The number of hydrogen-bond donors (Lipinski definition) is 2. The highest BCUT2D eigenvalue weighted by Crippen LogP contribution is 2.36. The molecule has 34 heavy (non-hydrogen) atoms. The van der Waals surface area contributed by atoms with E-state index in [1.165, 1.54) is 23.5 Å². The fraction of sp³-hybridized carbons (Fsp3) is 0.360. The fourth-order valence-corrected chi connectivity index (χ4v) is 4.77. The van der Waals surface area contributed by atoms with Gasteiger partial charge in [0.05, 0.1) is 17.4 Å². The number of nitrogens with zero attached hydrogens (tertiary/aromatic N) is 1. The average Bonchev–Trinajstić information content (AvgIpc) is 3.20. The van der Waals surface area contributed by atoms with Crippen LogP contribution < -0.4 is 4.74 Å². The van der Waals surface area contributed by atoms with Gasteiger partial charge in [-0.1, -0.05) is 32.0 Å². The van der Waals surface area contributed by atoms with Crippen molar-refractivity contribution in [2.24, 2.45) is 0 Å². The highest BCUT2D eigenvalue weighted by atomic mass is 32.1. The van der Waals surface area contributed by atoms with Gasteiger partial charge in [0.2, 0.25) is 0 Å². The van der Waals surface area contributed by atoms with E-state index in [1.807, 2.05) is 13.8 Å². The molecular weight excluding hydrogens is 467 g/mol. The first kappa shape index (κ1) is 25.7. The Hall–Kier alpha value is -2.91. The number of alkyl halides is 3. The first-order valence-electron chi connectivity index (χ1n) is 10.8. The van der Waals surface area contributed by atoms with Crippen LogP contribution in [0.2, 0.25) is 0 Å². The molecule has 182 valence electrons. The lowest BCUT2D eigenvalue weighted by molar-refractivity contribution is -0.139. The number of hydrogen-bond acceptors (Lipinski definition) is 5. The van der Waals surface area contributed by atoms with E-state index in [9.17, 15) is 23.1 Å². The van der Waals surface area contributed by atoms with Gasteiger partial charge in [0.15, 0.2) is 6.61 Å². The summed E-state index contributed by atoms with van der Waals surface area (Å²) in [6.45, 7) is 5.35. The van der Waals surface area contributed by atoms with Crippen LogP contribution in [0.4, 0.5) is 13.2 Å². The molecule has 1 heterocycles. The van der Waals surface area contributed by atoms with Crippen LogP contribution in [0.5, 0.6) is 5.75 Å². The van der Waals surface area contributed by atoms with Crippen LogP contribution in [0.25, 0.3) is 10.6 Å². The maximum absolute atomic E-state index is 12.9. The highest BCUT2D eigenvalue weighted by Gasteiger charge is 2.30. The minimum absolute atomic E-state index is 0.125. The normalized spacial score (nSPS) is 12.7. The first-order valence-corrected chi connectivity index (χ1v) is 11.6. The molecule has 0 aliphatic rings. The van der Waals surface area contributed by atoms with Crippen LogP contribution in [0.1, 0.15) is 59.6 Å². The molecule has 1 atom stereocenters. The number of aliphatic hydroxyl groups is 1. The van der Waals surface area contributed by atoms with Gasteiger partial charge in [0.25, 0.3) is 0 Å². The molecule has 2 N–H and O–H groups in total. The number of benzene rings is 2. The van der Waals surface area contributed by atoms with Gasteiger partial charge in [-0.25, -0.2) is 9.78 Å². The lowest BCUT2D eigenvalue weighted by atomic mass is 10.00. The van der Waals surface area contributed by atoms with Crippen molar-refractivity contribution in [2.45, 2.75) is 51.8 Å². The summed E-state index contributed by atoms with van der Waals surface area (Å²) in [6, 6.07) is 10.1. The van der Waals surface area contributed by atoms with Crippen LogP contribution in [-0.4, -0.2) is 27.8 Å². The van der Waals surface area contributed by atoms with Crippen LogP contribution in [0.15, 0.2) is 42.5 Å². The van der Waals surface area contributed by atoms with E-state index in [1.54, 1.807) is 25.1 Å². The van der Waals surface area contributed by atoms with Crippen LogP contribution >= 0.6 is 11.3 Å². The van der Waals surface area contributed by atoms with Crippen molar-refractivity contribution >= 4 is 17.3 Å². The number of aryl methyl sites for hydroxylation is 2. The van der Waals surface area contributed by atoms with E-state index >= 15 is 0 Å². The van der Waals surface area contributed by atoms with Gasteiger partial charge in [0.1, 0.15) is 10.8 Å². The summed E-state index contributed by atoms with van der Waals surface area (Å²) in [6.07, 6.45) is -4.14. The number of aromatic nitrogens is 1. The molecular formula is C25H26F3NO4S. The number of thiazole rings is 1. The quantitative estimate of drug-likeness (QED) is 0.361. The van der Waals surface area contributed by atoms with E-state index in [2.05, 4.69) is 4.98 Å². The third-order valence-corrected chi connectivity index (χ3v) is 6.49. The van der Waals surface area contributed by atoms with Crippen molar-refractivity contribution in [3.63, 3.8) is 0 Å². The molecule has 0 saturated heterocycles. The molecule has 0 fully saturated rings. The monoisotopic (exact) mass is 493 g/mol. The van der Waals surface area contributed by atoms with Crippen LogP contribution in [-0.2, 0) is 17.4 Å². The maximum Gasteiger partial charge on any atom is 0.416 e. The predicted molar refractivity (Wildman–Crippen MR) is 124 cm³/mol. The predicted octanol–water partition coefficient (Wildman–Crippen LogP) is 6.39. The Morgan fingerprint density at radius 3 is 2.38 bits per heavy atom. The summed E-state index contributed by atoms with van der Waals surface area (Å²) in [5.74, 6) is -0.492. The Labute approximate surface area is 199 Å². The lowest BCUT2D eigenvalue weighted by Crippen LogP contribution is -2.10. The van der Waals surface area contributed by atoms with Gasteiger partial charge in [-0.05, 0) is 61.1 Å². The smallest absolute Gasteiger partial charge is 0.416 e. The fourth-order valence-electron chi connectivity index (χ4n) is 3.53. The summed E-state index contributed by atoms with van der Waals surface area (Å²) < 4.78 is 43.8. The molecule has 0 bridgehead atoms. The minimum Gasteiger partial charge on any atom is -0.482 e. The number of carbonyl (C=O) groups is 1. The summed E-state index contributed by atoms with van der Waals surface area (Å²) in [5, 5.41) is 20.1. The molecule has 9 heteroatoms. The molecule has 0 aliphatic heterocycles. The topological polar surface area (TPSA) is 79.7 Å². The number of carboxylic acids is 1. The molecule has 2 aromatic carbocycles. The van der Waals surface area contributed by atoms with E-state index in [0.29, 0.717) is 34.7 Å². The van der Waals surface area contributed by atoms with Crippen molar-refractivity contribution in [3.05, 3.63) is 69.7 Å². The standard InChI is InChI=1S/C25H26F3NO4S/c1-14(2)23-21(34-24(29-23)16-4-7-18(8-5-16)25(26,27)28)11-9-19(30)17-6-10-20(15(3)12-17)33-13-22(31)32/h4-8,10,12,14,19,30H,9,11,13H2,1-3H3,(H,31,32)/t19-/m0/s1. The number of aliphatic carboxylic acids is 1. The van der Waals surface area contributed by atoms with Gasteiger partial charge in [0, 0.05) is 10.4 Å². The minimum atomic E-state index is -4.38. The number of rotatable bonds is 9. The van der Waals surface area contributed by atoms with E-state index in [4.69, 9.17) is 9.84 Å². The molecule has 1 aromatic heterocycles. The highest BCUT2D eigenvalue weighted by molar-refractivity contribution is 7.15. The number of halogens is 3. The van der Waals surface area contributed by atoms with Gasteiger partial charge in [-0.15, -0.1) is 11.3 Å². The van der Waals surface area contributed by atoms with Crippen molar-refractivity contribution in [3.8, 4) is 16.3 Å². The summed E-state index contributed by atoms with van der Waals surface area (Å²) in [4.78, 5) is 16.3. The molecule has 0 amide bonds. The zero-order valence-corrected chi connectivity index (χ0v) is 19.8. The number of aliphatic hydroxyl groups excluding tert-OH is 1. The van der Waals surface area contributed by atoms with Crippen molar-refractivity contribution in [1.82, 2.24) is 4.98 Å². The molecule has 5 nitrogen and oxygen atoms in total. The molecule has 0 radical (unpaired) electrons. The van der Waals surface area contributed by atoms with E-state index in [0.717, 1.165) is 28.3 Å².